The summed E-state index contributed by atoms with van der Waals surface area (Å²) in [5.74, 6) is 0. The van der Waals surface area contributed by atoms with Crippen LogP contribution >= 0.6 is 8.58 Å². The zero-order chi connectivity index (χ0) is 5.82. The molecule has 0 saturated carbocycles. The smallest absolute Gasteiger partial charge is 0.0226 e. The quantitative estimate of drug-likeness (QED) is 0.483. The van der Waals surface area contributed by atoms with Gasteiger partial charge in [-0.3, -0.25) is 0 Å². The van der Waals surface area contributed by atoms with Crippen LogP contribution in [-0.4, -0.2) is 32.1 Å². The molecular weight excluding hydrogens is 119 g/mol. The summed E-state index contributed by atoms with van der Waals surface area (Å²) >= 11 is 0. The molecule has 0 spiro atoms. The summed E-state index contributed by atoms with van der Waals surface area (Å²) < 4.78 is 0. The molecular formula is C5H13N2P. The zero-order valence-electron chi connectivity index (χ0n) is 5.20. The van der Waals surface area contributed by atoms with Crippen LogP contribution in [0.15, 0.2) is 0 Å². The van der Waals surface area contributed by atoms with Gasteiger partial charge in [0.15, 0.2) is 0 Å². The van der Waals surface area contributed by atoms with Crippen LogP contribution in [0.2, 0.25) is 0 Å². The first kappa shape index (κ1) is 6.47. The summed E-state index contributed by atoms with van der Waals surface area (Å²) in [6, 6.07) is 0.738. The van der Waals surface area contributed by atoms with Crippen molar-refractivity contribution in [3.8, 4) is 0 Å². The van der Waals surface area contributed by atoms with Gasteiger partial charge < -0.3 is 10.6 Å². The lowest BCUT2D eigenvalue weighted by atomic mass is 10.3. The summed E-state index contributed by atoms with van der Waals surface area (Å²) in [7, 11) is 3.15. The summed E-state index contributed by atoms with van der Waals surface area (Å²) in [5, 5.41) is 6.58. The minimum Gasteiger partial charge on any atom is -0.315 e. The van der Waals surface area contributed by atoms with E-state index < -0.39 is 0 Å². The molecule has 1 aliphatic heterocycles. The van der Waals surface area contributed by atoms with E-state index in [2.05, 4.69) is 10.6 Å². The van der Waals surface area contributed by atoms with E-state index in [4.69, 9.17) is 0 Å². The van der Waals surface area contributed by atoms with Gasteiger partial charge in [0.25, 0.3) is 0 Å². The standard InChI is InChI=1S/C5H13N2P/c1-6-5-2-7-4-8-3-5/h5-8H,2-4H2,1H3. The summed E-state index contributed by atoms with van der Waals surface area (Å²) in [5.41, 5.74) is 0. The maximum Gasteiger partial charge on any atom is 0.0226 e. The van der Waals surface area contributed by atoms with Crippen LogP contribution in [-0.2, 0) is 0 Å². The van der Waals surface area contributed by atoms with Crippen LogP contribution < -0.4 is 10.6 Å². The molecule has 1 saturated heterocycles. The average Bonchev–Trinajstić information content (AvgIpc) is 1.90. The lowest BCUT2D eigenvalue weighted by Crippen LogP contribution is -2.41. The Morgan fingerprint density at radius 2 is 2.62 bits per heavy atom. The van der Waals surface area contributed by atoms with Crippen LogP contribution in [0.5, 0.6) is 0 Å². The van der Waals surface area contributed by atoms with E-state index in [1.807, 2.05) is 7.05 Å². The van der Waals surface area contributed by atoms with Crippen LogP contribution in [0.1, 0.15) is 0 Å². The summed E-state index contributed by atoms with van der Waals surface area (Å²) in [6.07, 6.45) is 2.60. The molecule has 2 N–H and O–H groups in total. The highest BCUT2D eigenvalue weighted by Crippen LogP contribution is 2.12. The second-order valence-corrected chi connectivity index (χ2v) is 3.33. The Labute approximate surface area is 52.2 Å². The molecule has 8 heavy (non-hydrogen) atoms. The van der Waals surface area contributed by atoms with Crippen molar-refractivity contribution < 1.29 is 0 Å². The SMILES string of the molecule is CNC1CNCPC1. The van der Waals surface area contributed by atoms with Gasteiger partial charge in [0, 0.05) is 18.9 Å². The molecule has 0 radical (unpaired) electrons. The van der Waals surface area contributed by atoms with Crippen LogP contribution in [0.4, 0.5) is 0 Å². The highest BCUT2D eigenvalue weighted by atomic mass is 31.1. The van der Waals surface area contributed by atoms with E-state index in [0.29, 0.717) is 0 Å². The molecule has 2 nitrogen and oxygen atoms in total. The lowest BCUT2D eigenvalue weighted by molar-refractivity contribution is 0.558. The van der Waals surface area contributed by atoms with Crippen LogP contribution in [0, 0.1) is 0 Å². The molecule has 0 aromatic rings. The summed E-state index contributed by atoms with van der Waals surface area (Å²) in [4.78, 5) is 0. The van der Waals surface area contributed by atoms with Gasteiger partial charge in [-0.15, -0.1) is 8.58 Å². The van der Waals surface area contributed by atoms with E-state index in [1.165, 1.54) is 12.4 Å². The van der Waals surface area contributed by atoms with E-state index in [1.54, 1.807) is 0 Å². The van der Waals surface area contributed by atoms with Gasteiger partial charge in [0.2, 0.25) is 0 Å². The molecule has 1 rings (SSSR count). The average molecular weight is 132 g/mol. The second kappa shape index (κ2) is 3.39. The fraction of sp³-hybridized carbons (Fsp3) is 1.00. The second-order valence-electron chi connectivity index (χ2n) is 2.07. The molecule has 48 valence electrons. The Morgan fingerprint density at radius 3 is 3.00 bits per heavy atom. The monoisotopic (exact) mass is 132 g/mol. The first-order chi connectivity index (χ1) is 3.93. The Bertz CT molecular complexity index is 61.4. The van der Waals surface area contributed by atoms with Crippen molar-refractivity contribution in [3.05, 3.63) is 0 Å². The van der Waals surface area contributed by atoms with Crippen molar-refractivity contribution in [2.24, 2.45) is 0 Å². The molecule has 1 fully saturated rings. The van der Waals surface area contributed by atoms with E-state index in [0.717, 1.165) is 21.2 Å². The molecule has 0 aromatic carbocycles. The lowest BCUT2D eigenvalue weighted by Gasteiger charge is -2.21. The normalized spacial score (nSPS) is 33.4. The van der Waals surface area contributed by atoms with E-state index in [9.17, 15) is 0 Å². The molecule has 1 aliphatic rings. The Kier molecular flexibility index (Phi) is 2.74. The topological polar surface area (TPSA) is 24.1 Å². The van der Waals surface area contributed by atoms with Crippen molar-refractivity contribution in [2.75, 3.05) is 26.0 Å². The molecule has 2 unspecified atom stereocenters. The van der Waals surface area contributed by atoms with E-state index in [-0.39, 0.29) is 0 Å². The number of likely N-dealkylation sites (N-methyl/N-ethyl adjacent to an activating group) is 1. The predicted molar refractivity (Wildman–Crippen MR) is 38.9 cm³/mol. The maximum absolute atomic E-state index is 3.34. The molecule has 0 aliphatic carbocycles. The Balaban J connectivity index is 2.13. The third-order valence-electron chi connectivity index (χ3n) is 1.44. The number of hydrogen-bond donors (Lipinski definition) is 2. The van der Waals surface area contributed by atoms with Gasteiger partial charge in [0.05, 0.1) is 0 Å². The van der Waals surface area contributed by atoms with E-state index >= 15 is 0 Å². The highest BCUT2D eigenvalue weighted by Gasteiger charge is 2.08. The van der Waals surface area contributed by atoms with Crippen molar-refractivity contribution in [1.82, 2.24) is 10.6 Å². The predicted octanol–water partition coefficient (Wildman–Crippen LogP) is -0.186. The molecule has 3 heteroatoms. The van der Waals surface area contributed by atoms with Crippen LogP contribution in [0.3, 0.4) is 0 Å². The minimum absolute atomic E-state index is 0.738. The Hall–Kier alpha value is 0.350. The first-order valence-corrected chi connectivity index (χ1v) is 4.43. The Morgan fingerprint density at radius 1 is 1.75 bits per heavy atom. The van der Waals surface area contributed by atoms with Gasteiger partial charge in [-0.05, 0) is 13.2 Å². The molecule has 0 aromatic heterocycles. The van der Waals surface area contributed by atoms with Crippen molar-refractivity contribution >= 4 is 8.58 Å². The number of nitrogens with one attached hydrogen (secondary N) is 2. The van der Waals surface area contributed by atoms with Gasteiger partial charge in [-0.1, -0.05) is 0 Å². The highest BCUT2D eigenvalue weighted by molar-refractivity contribution is 7.38. The van der Waals surface area contributed by atoms with Crippen molar-refractivity contribution in [3.63, 3.8) is 0 Å². The maximum atomic E-state index is 3.34. The third kappa shape index (κ3) is 1.70. The van der Waals surface area contributed by atoms with Crippen molar-refractivity contribution in [1.29, 1.82) is 0 Å². The fourth-order valence-electron chi connectivity index (χ4n) is 0.857. The van der Waals surface area contributed by atoms with Gasteiger partial charge in [-0.2, -0.15) is 0 Å². The van der Waals surface area contributed by atoms with Crippen molar-refractivity contribution in [2.45, 2.75) is 6.04 Å². The number of hydrogen-bond acceptors (Lipinski definition) is 2. The fourth-order valence-corrected chi connectivity index (χ4v) is 2.02. The molecule has 1 heterocycles. The van der Waals surface area contributed by atoms with Gasteiger partial charge >= 0.3 is 0 Å². The van der Waals surface area contributed by atoms with Crippen LogP contribution in [0.25, 0.3) is 0 Å². The first-order valence-electron chi connectivity index (χ1n) is 3.02. The third-order valence-corrected chi connectivity index (χ3v) is 2.72. The largest absolute Gasteiger partial charge is 0.315 e. The minimum atomic E-state index is 0.738. The summed E-state index contributed by atoms with van der Waals surface area (Å²) in [6.45, 7) is 1.16. The molecule has 2 atom stereocenters. The van der Waals surface area contributed by atoms with Gasteiger partial charge in [0.1, 0.15) is 0 Å². The van der Waals surface area contributed by atoms with Gasteiger partial charge in [-0.25, -0.2) is 0 Å². The molecule has 0 amide bonds. The zero-order valence-corrected chi connectivity index (χ0v) is 6.20. The number of rotatable bonds is 1. The molecule has 0 bridgehead atoms.